The van der Waals surface area contributed by atoms with Crippen LogP contribution >= 0.6 is 0 Å². The Hall–Kier alpha value is -1.63. The molecule has 0 spiro atoms. The lowest BCUT2D eigenvalue weighted by atomic mass is 10.3. The van der Waals surface area contributed by atoms with Crippen molar-refractivity contribution in [2.75, 3.05) is 38.1 Å². The average molecular weight is 211 g/mol. The van der Waals surface area contributed by atoms with Gasteiger partial charge in [-0.3, -0.25) is 0 Å². The van der Waals surface area contributed by atoms with Crippen LogP contribution in [0.25, 0.3) is 0 Å². The van der Waals surface area contributed by atoms with Crippen molar-refractivity contribution in [2.45, 2.75) is 0 Å². The third kappa shape index (κ3) is 2.07. The monoisotopic (exact) mass is 211 g/mol. The molecule has 2 N–H and O–H groups in total. The van der Waals surface area contributed by atoms with Crippen LogP contribution in [0, 0.1) is 0 Å². The Labute approximate surface area is 86.7 Å². The molecular weight excluding hydrogens is 198 g/mol. The molecule has 2 rings (SSSR count). The Bertz CT molecular complexity index is 356. The van der Waals surface area contributed by atoms with Crippen LogP contribution in [0.15, 0.2) is 0 Å². The van der Waals surface area contributed by atoms with E-state index in [9.17, 15) is 4.79 Å². The third-order valence-corrected chi connectivity index (χ3v) is 2.48. The van der Waals surface area contributed by atoms with Crippen molar-refractivity contribution in [1.29, 1.82) is 0 Å². The summed E-state index contributed by atoms with van der Waals surface area (Å²) in [6, 6.07) is 0. The van der Waals surface area contributed by atoms with E-state index in [0.717, 1.165) is 26.2 Å². The number of nitrogens with one attached hydrogen (secondary N) is 1. The van der Waals surface area contributed by atoms with Crippen LogP contribution in [0.5, 0.6) is 0 Å². The number of aromatic carboxylic acids is 1. The van der Waals surface area contributed by atoms with E-state index in [1.165, 1.54) is 0 Å². The van der Waals surface area contributed by atoms with Gasteiger partial charge < -0.3 is 19.9 Å². The number of carboxylic acids is 1. The molecule has 1 aromatic rings. The van der Waals surface area contributed by atoms with Crippen LogP contribution in [0.4, 0.5) is 5.95 Å². The van der Waals surface area contributed by atoms with Gasteiger partial charge in [-0.1, -0.05) is 0 Å². The number of H-pyrrole nitrogens is 1. The topological polar surface area (TPSA) is 85.3 Å². The molecule has 1 aliphatic heterocycles. The molecule has 0 unspecified atom stereocenters. The number of rotatable bonds is 2. The molecule has 0 bridgehead atoms. The molecule has 15 heavy (non-hydrogen) atoms. The number of carbonyl (C=O) groups is 1. The van der Waals surface area contributed by atoms with Gasteiger partial charge in [0.25, 0.3) is 0 Å². The standard InChI is InChI=1S/C8H13N5O2/c1-12-2-4-13(5-3-12)8-9-6(7(14)15)10-11-8/h2-5H2,1H3,(H,14,15)(H,9,10,11). The molecule has 1 aromatic heterocycles. The molecule has 82 valence electrons. The summed E-state index contributed by atoms with van der Waals surface area (Å²) >= 11 is 0. The normalized spacial score (nSPS) is 18.1. The minimum Gasteiger partial charge on any atom is -0.475 e. The molecule has 1 fully saturated rings. The lowest BCUT2D eigenvalue weighted by Gasteiger charge is -2.31. The number of hydrogen-bond acceptors (Lipinski definition) is 5. The van der Waals surface area contributed by atoms with Crippen LogP contribution in [0.1, 0.15) is 10.6 Å². The molecule has 1 saturated heterocycles. The van der Waals surface area contributed by atoms with E-state index in [4.69, 9.17) is 5.11 Å². The summed E-state index contributed by atoms with van der Waals surface area (Å²) in [6.07, 6.45) is 0. The van der Waals surface area contributed by atoms with E-state index in [1.807, 2.05) is 4.90 Å². The summed E-state index contributed by atoms with van der Waals surface area (Å²) in [4.78, 5) is 17.5. The number of carboxylic acid groups (broad SMARTS) is 1. The van der Waals surface area contributed by atoms with Crippen molar-refractivity contribution in [3.8, 4) is 0 Å². The number of piperazine rings is 1. The van der Waals surface area contributed by atoms with Gasteiger partial charge in [0.05, 0.1) is 0 Å². The maximum absolute atomic E-state index is 10.6. The van der Waals surface area contributed by atoms with E-state index in [-0.39, 0.29) is 5.82 Å². The quantitative estimate of drug-likeness (QED) is 0.669. The second-order valence-electron chi connectivity index (χ2n) is 3.59. The number of aromatic nitrogens is 3. The first-order valence-electron chi connectivity index (χ1n) is 4.76. The number of anilines is 1. The Morgan fingerprint density at radius 1 is 1.33 bits per heavy atom. The highest BCUT2D eigenvalue weighted by Crippen LogP contribution is 2.09. The largest absolute Gasteiger partial charge is 0.475 e. The summed E-state index contributed by atoms with van der Waals surface area (Å²) in [6.45, 7) is 3.57. The van der Waals surface area contributed by atoms with Crippen LogP contribution < -0.4 is 4.90 Å². The highest BCUT2D eigenvalue weighted by atomic mass is 16.4. The highest BCUT2D eigenvalue weighted by molar-refractivity contribution is 5.83. The third-order valence-electron chi connectivity index (χ3n) is 2.48. The van der Waals surface area contributed by atoms with E-state index < -0.39 is 5.97 Å². The van der Waals surface area contributed by atoms with Crippen molar-refractivity contribution in [2.24, 2.45) is 0 Å². The number of nitrogens with zero attached hydrogens (tertiary/aromatic N) is 4. The van der Waals surface area contributed by atoms with Gasteiger partial charge in [-0.15, -0.1) is 10.2 Å². The first kappa shape index (κ1) is 9.91. The summed E-state index contributed by atoms with van der Waals surface area (Å²) in [7, 11) is 2.06. The minimum atomic E-state index is -1.08. The van der Waals surface area contributed by atoms with Gasteiger partial charge >= 0.3 is 5.97 Å². The van der Waals surface area contributed by atoms with Gasteiger partial charge in [-0.25, -0.2) is 4.79 Å². The predicted molar refractivity (Wildman–Crippen MR) is 53.1 cm³/mol. The summed E-state index contributed by atoms with van der Waals surface area (Å²) in [5.74, 6) is -0.646. The SMILES string of the molecule is CN1CCN(c2nnc(C(=O)O)[nH]2)CC1. The van der Waals surface area contributed by atoms with Gasteiger partial charge in [0.1, 0.15) is 0 Å². The fraction of sp³-hybridized carbons (Fsp3) is 0.625. The first-order chi connectivity index (χ1) is 7.16. The van der Waals surface area contributed by atoms with Crippen LogP contribution in [-0.2, 0) is 0 Å². The van der Waals surface area contributed by atoms with Gasteiger partial charge in [0.2, 0.25) is 11.8 Å². The van der Waals surface area contributed by atoms with E-state index >= 15 is 0 Å². The zero-order chi connectivity index (χ0) is 10.8. The molecule has 0 saturated carbocycles. The summed E-state index contributed by atoms with van der Waals surface area (Å²) < 4.78 is 0. The van der Waals surface area contributed by atoms with Crippen molar-refractivity contribution in [3.63, 3.8) is 0 Å². The number of aromatic amines is 1. The molecule has 0 radical (unpaired) electrons. The maximum atomic E-state index is 10.6. The van der Waals surface area contributed by atoms with E-state index in [0.29, 0.717) is 5.95 Å². The second-order valence-corrected chi connectivity index (χ2v) is 3.59. The number of hydrogen-bond donors (Lipinski definition) is 2. The van der Waals surface area contributed by atoms with Gasteiger partial charge in [0.15, 0.2) is 0 Å². The highest BCUT2D eigenvalue weighted by Gasteiger charge is 2.18. The molecule has 7 heteroatoms. The van der Waals surface area contributed by atoms with Crippen LogP contribution in [0.3, 0.4) is 0 Å². The van der Waals surface area contributed by atoms with Crippen molar-refractivity contribution >= 4 is 11.9 Å². The molecule has 0 aliphatic carbocycles. The molecule has 7 nitrogen and oxygen atoms in total. The Morgan fingerprint density at radius 3 is 2.53 bits per heavy atom. The second kappa shape index (κ2) is 3.85. The fourth-order valence-electron chi connectivity index (χ4n) is 1.51. The van der Waals surface area contributed by atoms with Crippen molar-refractivity contribution in [1.82, 2.24) is 20.1 Å². The Morgan fingerprint density at radius 2 is 2.00 bits per heavy atom. The fourth-order valence-corrected chi connectivity index (χ4v) is 1.51. The van der Waals surface area contributed by atoms with Gasteiger partial charge in [0, 0.05) is 26.2 Å². The zero-order valence-electron chi connectivity index (χ0n) is 8.47. The molecule has 0 amide bonds. The summed E-state index contributed by atoms with van der Waals surface area (Å²) in [5, 5.41) is 16.0. The van der Waals surface area contributed by atoms with Crippen molar-refractivity contribution in [3.05, 3.63) is 5.82 Å². The number of likely N-dealkylation sites (N-methyl/N-ethyl adjacent to an activating group) is 1. The van der Waals surface area contributed by atoms with E-state index in [2.05, 4.69) is 27.1 Å². The van der Waals surface area contributed by atoms with Gasteiger partial charge in [-0.05, 0) is 7.05 Å². The Balaban J connectivity index is 2.06. The Kier molecular flexibility index (Phi) is 2.55. The maximum Gasteiger partial charge on any atom is 0.373 e. The minimum absolute atomic E-state index is 0.107. The lowest BCUT2D eigenvalue weighted by molar-refractivity contribution is 0.0684. The zero-order valence-corrected chi connectivity index (χ0v) is 8.47. The smallest absolute Gasteiger partial charge is 0.373 e. The van der Waals surface area contributed by atoms with Crippen molar-refractivity contribution < 1.29 is 9.90 Å². The van der Waals surface area contributed by atoms with Crippen LogP contribution in [0.2, 0.25) is 0 Å². The van der Waals surface area contributed by atoms with Gasteiger partial charge in [-0.2, -0.15) is 0 Å². The molecule has 0 atom stereocenters. The molecule has 2 heterocycles. The first-order valence-corrected chi connectivity index (χ1v) is 4.76. The molecule has 1 aliphatic rings. The lowest BCUT2D eigenvalue weighted by Crippen LogP contribution is -2.45. The summed E-state index contributed by atoms with van der Waals surface area (Å²) in [5.41, 5.74) is 0. The van der Waals surface area contributed by atoms with Crippen LogP contribution in [-0.4, -0.2) is 64.4 Å². The predicted octanol–water partition coefficient (Wildman–Crippen LogP) is -0.745. The average Bonchev–Trinajstić information content (AvgIpc) is 2.68. The molecule has 0 aromatic carbocycles. The van der Waals surface area contributed by atoms with E-state index in [1.54, 1.807) is 0 Å². The molecular formula is C8H13N5O2.